The van der Waals surface area contributed by atoms with Crippen LogP contribution in [0.2, 0.25) is 0 Å². The lowest BCUT2D eigenvalue weighted by Gasteiger charge is -2.12. The van der Waals surface area contributed by atoms with Crippen LogP contribution in [-0.4, -0.2) is 5.11 Å². The van der Waals surface area contributed by atoms with Crippen LogP contribution in [-0.2, 0) is 0 Å². The van der Waals surface area contributed by atoms with Gasteiger partial charge in [-0.2, -0.15) is 0 Å². The summed E-state index contributed by atoms with van der Waals surface area (Å²) in [5.41, 5.74) is 1.42. The zero-order chi connectivity index (χ0) is 8.81. The van der Waals surface area contributed by atoms with E-state index in [4.69, 9.17) is 0 Å². The molecule has 0 aromatic carbocycles. The Kier molecular flexibility index (Phi) is 3.92. The molecule has 0 saturated heterocycles. The highest BCUT2D eigenvalue weighted by atomic mass is 16.3. The summed E-state index contributed by atoms with van der Waals surface area (Å²) in [7, 11) is 0. The van der Waals surface area contributed by atoms with Gasteiger partial charge in [0.15, 0.2) is 0 Å². The lowest BCUT2D eigenvalue weighted by molar-refractivity contribution is 0.427. The maximum Gasteiger partial charge on any atom is 0.111 e. The van der Waals surface area contributed by atoms with E-state index in [0.29, 0.717) is 5.76 Å². The van der Waals surface area contributed by atoms with Gasteiger partial charge in [0.25, 0.3) is 0 Å². The van der Waals surface area contributed by atoms with Crippen LogP contribution in [0.3, 0.4) is 0 Å². The Labute approximate surface area is 74.8 Å². The van der Waals surface area contributed by atoms with Crippen molar-refractivity contribution in [1.82, 2.24) is 0 Å². The standard InChI is InChI=1S/C11H18O/c1-2-6-11(12)9-10-7-4-3-5-8-10/h6,9,12H,2-5,7-8H2,1H3/b11-6+. The first-order chi connectivity index (χ1) is 5.83. The van der Waals surface area contributed by atoms with E-state index >= 15 is 0 Å². The van der Waals surface area contributed by atoms with Crippen LogP contribution in [0, 0.1) is 0 Å². The molecule has 0 amide bonds. The number of hydrogen-bond acceptors (Lipinski definition) is 1. The minimum atomic E-state index is 0.453. The first kappa shape index (κ1) is 9.37. The van der Waals surface area contributed by atoms with Crippen molar-refractivity contribution in [2.24, 2.45) is 0 Å². The monoisotopic (exact) mass is 166 g/mol. The third kappa shape index (κ3) is 3.12. The van der Waals surface area contributed by atoms with Crippen molar-refractivity contribution < 1.29 is 5.11 Å². The van der Waals surface area contributed by atoms with Gasteiger partial charge >= 0.3 is 0 Å². The summed E-state index contributed by atoms with van der Waals surface area (Å²) in [6, 6.07) is 0. The van der Waals surface area contributed by atoms with E-state index in [1.165, 1.54) is 37.7 Å². The molecule has 68 valence electrons. The minimum Gasteiger partial charge on any atom is -0.508 e. The Balaban J connectivity index is 2.48. The molecule has 1 fully saturated rings. The number of rotatable bonds is 2. The van der Waals surface area contributed by atoms with Gasteiger partial charge < -0.3 is 5.11 Å². The van der Waals surface area contributed by atoms with Crippen molar-refractivity contribution in [3.63, 3.8) is 0 Å². The Morgan fingerprint density at radius 3 is 2.58 bits per heavy atom. The summed E-state index contributed by atoms with van der Waals surface area (Å²) in [5, 5.41) is 9.39. The Morgan fingerprint density at radius 1 is 1.33 bits per heavy atom. The summed E-state index contributed by atoms with van der Waals surface area (Å²) in [6.07, 6.45) is 11.0. The van der Waals surface area contributed by atoms with Gasteiger partial charge in [0, 0.05) is 0 Å². The third-order valence-corrected chi connectivity index (χ3v) is 2.26. The lowest BCUT2D eigenvalue weighted by atomic mass is 9.94. The average Bonchev–Trinajstić information content (AvgIpc) is 2.06. The molecule has 0 heterocycles. The second-order valence-electron chi connectivity index (χ2n) is 3.40. The fourth-order valence-electron chi connectivity index (χ4n) is 1.63. The molecule has 0 aromatic rings. The fourth-order valence-corrected chi connectivity index (χ4v) is 1.63. The molecule has 1 aliphatic rings. The molecule has 1 rings (SSSR count). The van der Waals surface area contributed by atoms with Gasteiger partial charge in [-0.25, -0.2) is 0 Å². The third-order valence-electron chi connectivity index (χ3n) is 2.26. The van der Waals surface area contributed by atoms with Gasteiger partial charge in [0.05, 0.1) is 0 Å². The highest BCUT2D eigenvalue weighted by Crippen LogP contribution is 2.23. The summed E-state index contributed by atoms with van der Waals surface area (Å²) in [4.78, 5) is 0. The van der Waals surface area contributed by atoms with Crippen molar-refractivity contribution in [2.75, 3.05) is 0 Å². The fraction of sp³-hybridized carbons (Fsp3) is 0.636. The van der Waals surface area contributed by atoms with E-state index in [9.17, 15) is 5.11 Å². The zero-order valence-corrected chi connectivity index (χ0v) is 7.84. The van der Waals surface area contributed by atoms with Crippen molar-refractivity contribution >= 4 is 0 Å². The topological polar surface area (TPSA) is 20.2 Å². The van der Waals surface area contributed by atoms with E-state index in [2.05, 4.69) is 0 Å². The first-order valence-corrected chi connectivity index (χ1v) is 4.91. The van der Waals surface area contributed by atoms with Gasteiger partial charge in [-0.1, -0.05) is 18.9 Å². The first-order valence-electron chi connectivity index (χ1n) is 4.91. The molecule has 0 unspecified atom stereocenters. The van der Waals surface area contributed by atoms with Gasteiger partial charge in [-0.15, -0.1) is 0 Å². The second kappa shape index (κ2) is 5.02. The predicted molar refractivity (Wildman–Crippen MR) is 52.2 cm³/mol. The molecule has 12 heavy (non-hydrogen) atoms. The Bertz CT molecular complexity index is 181. The summed E-state index contributed by atoms with van der Waals surface area (Å²) in [6.45, 7) is 2.04. The smallest absolute Gasteiger partial charge is 0.111 e. The van der Waals surface area contributed by atoms with Crippen molar-refractivity contribution in [3.8, 4) is 0 Å². The van der Waals surface area contributed by atoms with E-state index in [1.54, 1.807) is 0 Å². The number of aliphatic hydroxyl groups excluding tert-OH is 1. The van der Waals surface area contributed by atoms with Crippen LogP contribution in [0.25, 0.3) is 0 Å². The van der Waals surface area contributed by atoms with Crippen LogP contribution < -0.4 is 0 Å². The van der Waals surface area contributed by atoms with Crippen LogP contribution in [0.1, 0.15) is 45.4 Å². The SMILES string of the molecule is CC/C=C(/O)C=C1CCCCC1. The maximum absolute atomic E-state index is 9.39. The molecule has 1 saturated carbocycles. The molecular formula is C11H18O. The zero-order valence-electron chi connectivity index (χ0n) is 7.84. The second-order valence-corrected chi connectivity index (χ2v) is 3.40. The predicted octanol–water partition coefficient (Wildman–Crippen LogP) is 3.73. The molecule has 0 bridgehead atoms. The quantitative estimate of drug-likeness (QED) is 0.620. The van der Waals surface area contributed by atoms with Gasteiger partial charge in [0.2, 0.25) is 0 Å². The molecule has 0 atom stereocenters. The van der Waals surface area contributed by atoms with Gasteiger partial charge in [-0.3, -0.25) is 0 Å². The Hall–Kier alpha value is -0.720. The molecular weight excluding hydrogens is 148 g/mol. The molecule has 1 aliphatic carbocycles. The number of hydrogen-bond donors (Lipinski definition) is 1. The van der Waals surface area contributed by atoms with Crippen molar-refractivity contribution in [2.45, 2.75) is 45.4 Å². The number of aliphatic hydroxyl groups is 1. The molecule has 1 heteroatoms. The largest absolute Gasteiger partial charge is 0.508 e. The van der Waals surface area contributed by atoms with Crippen LogP contribution >= 0.6 is 0 Å². The van der Waals surface area contributed by atoms with E-state index in [-0.39, 0.29) is 0 Å². The normalized spacial score (nSPS) is 19.4. The average molecular weight is 166 g/mol. The maximum atomic E-state index is 9.39. The van der Waals surface area contributed by atoms with E-state index in [1.807, 2.05) is 19.1 Å². The highest BCUT2D eigenvalue weighted by Gasteiger charge is 2.04. The van der Waals surface area contributed by atoms with Crippen molar-refractivity contribution in [1.29, 1.82) is 0 Å². The molecule has 0 spiro atoms. The van der Waals surface area contributed by atoms with Gasteiger partial charge in [0.1, 0.15) is 5.76 Å². The summed E-state index contributed by atoms with van der Waals surface area (Å²) >= 11 is 0. The van der Waals surface area contributed by atoms with E-state index in [0.717, 1.165) is 6.42 Å². The molecule has 0 aromatic heterocycles. The Morgan fingerprint density at radius 2 is 2.00 bits per heavy atom. The highest BCUT2D eigenvalue weighted by molar-refractivity contribution is 5.18. The summed E-state index contributed by atoms with van der Waals surface area (Å²) < 4.78 is 0. The van der Waals surface area contributed by atoms with E-state index < -0.39 is 0 Å². The number of allylic oxidation sites excluding steroid dienone is 3. The van der Waals surface area contributed by atoms with Crippen LogP contribution in [0.5, 0.6) is 0 Å². The van der Waals surface area contributed by atoms with Crippen LogP contribution in [0.4, 0.5) is 0 Å². The summed E-state index contributed by atoms with van der Waals surface area (Å²) in [5.74, 6) is 0.453. The molecule has 1 nitrogen and oxygen atoms in total. The molecule has 1 N–H and O–H groups in total. The minimum absolute atomic E-state index is 0.453. The van der Waals surface area contributed by atoms with Gasteiger partial charge in [-0.05, 0) is 44.3 Å². The molecule has 0 radical (unpaired) electrons. The molecule has 0 aliphatic heterocycles. The van der Waals surface area contributed by atoms with Crippen LogP contribution in [0.15, 0.2) is 23.5 Å². The van der Waals surface area contributed by atoms with Crippen molar-refractivity contribution in [3.05, 3.63) is 23.5 Å². The lowest BCUT2D eigenvalue weighted by Crippen LogP contribution is -1.94.